The maximum atomic E-state index is 11.7. The fraction of sp³-hybridized carbons (Fsp3) is 0.231. The number of carbonyl (C=O) groups excluding carboxylic acids is 1. The third kappa shape index (κ3) is 2.53. The minimum Gasteiger partial charge on any atom is -0.352 e. The van der Waals surface area contributed by atoms with Crippen molar-refractivity contribution in [2.45, 2.75) is 6.92 Å². The second-order valence-electron chi connectivity index (χ2n) is 3.84. The number of benzene rings is 1. The van der Waals surface area contributed by atoms with Crippen LogP contribution in [0.5, 0.6) is 0 Å². The summed E-state index contributed by atoms with van der Waals surface area (Å²) in [7, 11) is 1.87. The molecule has 1 aromatic heterocycles. The lowest BCUT2D eigenvalue weighted by molar-refractivity contribution is 0.0956. The minimum atomic E-state index is -0.0433. The highest BCUT2D eigenvalue weighted by atomic mass is 16.1. The zero-order chi connectivity index (χ0) is 12.3. The summed E-state index contributed by atoms with van der Waals surface area (Å²) in [6.45, 7) is 2.54. The monoisotopic (exact) mass is 229 g/mol. The van der Waals surface area contributed by atoms with E-state index in [0.717, 1.165) is 11.1 Å². The van der Waals surface area contributed by atoms with Crippen molar-refractivity contribution < 1.29 is 4.79 Å². The lowest BCUT2D eigenvalue weighted by Gasteiger charge is -2.03. The molecule has 0 aliphatic heterocycles. The molecular formula is C13H15N3O. The van der Waals surface area contributed by atoms with E-state index in [1.54, 1.807) is 10.9 Å². The van der Waals surface area contributed by atoms with Crippen molar-refractivity contribution in [2.75, 3.05) is 6.54 Å². The molecule has 88 valence electrons. The van der Waals surface area contributed by atoms with Crippen LogP contribution in [0.15, 0.2) is 36.7 Å². The first-order valence-corrected chi connectivity index (χ1v) is 5.58. The first-order chi connectivity index (χ1) is 8.20. The second kappa shape index (κ2) is 4.82. The van der Waals surface area contributed by atoms with E-state index in [9.17, 15) is 4.79 Å². The maximum Gasteiger partial charge on any atom is 0.251 e. The van der Waals surface area contributed by atoms with Crippen molar-refractivity contribution in [1.29, 1.82) is 0 Å². The molecular weight excluding hydrogens is 214 g/mol. The zero-order valence-corrected chi connectivity index (χ0v) is 9.97. The number of nitrogens with one attached hydrogen (secondary N) is 1. The van der Waals surface area contributed by atoms with E-state index < -0.39 is 0 Å². The Hall–Kier alpha value is -2.10. The Morgan fingerprint density at radius 3 is 2.88 bits per heavy atom. The van der Waals surface area contributed by atoms with Gasteiger partial charge in [-0.15, -0.1) is 0 Å². The molecule has 0 bridgehead atoms. The zero-order valence-electron chi connectivity index (χ0n) is 9.97. The minimum absolute atomic E-state index is 0.0433. The molecule has 1 N–H and O–H groups in total. The number of aromatic nitrogens is 2. The van der Waals surface area contributed by atoms with Crippen LogP contribution in [0.4, 0.5) is 0 Å². The van der Waals surface area contributed by atoms with Crippen LogP contribution in [0.3, 0.4) is 0 Å². The molecule has 0 unspecified atom stereocenters. The SMILES string of the molecule is CCNC(=O)c1cccc(-c2cnn(C)c2)c1. The van der Waals surface area contributed by atoms with E-state index in [2.05, 4.69) is 10.4 Å². The number of aryl methyl sites for hydroxylation is 1. The van der Waals surface area contributed by atoms with Gasteiger partial charge in [-0.3, -0.25) is 9.48 Å². The summed E-state index contributed by atoms with van der Waals surface area (Å²) in [5, 5.41) is 6.91. The smallest absolute Gasteiger partial charge is 0.251 e. The lowest BCUT2D eigenvalue weighted by atomic mass is 10.1. The summed E-state index contributed by atoms with van der Waals surface area (Å²) in [5.41, 5.74) is 2.69. The Kier molecular flexibility index (Phi) is 3.23. The molecule has 2 aromatic rings. The summed E-state index contributed by atoms with van der Waals surface area (Å²) < 4.78 is 1.74. The van der Waals surface area contributed by atoms with Gasteiger partial charge in [0.1, 0.15) is 0 Å². The van der Waals surface area contributed by atoms with Gasteiger partial charge in [0.2, 0.25) is 0 Å². The predicted octanol–water partition coefficient (Wildman–Crippen LogP) is 1.84. The van der Waals surface area contributed by atoms with E-state index in [0.29, 0.717) is 12.1 Å². The van der Waals surface area contributed by atoms with Crippen molar-refractivity contribution in [1.82, 2.24) is 15.1 Å². The molecule has 1 heterocycles. The Morgan fingerprint density at radius 1 is 1.41 bits per heavy atom. The normalized spacial score (nSPS) is 10.2. The average molecular weight is 229 g/mol. The van der Waals surface area contributed by atoms with E-state index in [4.69, 9.17) is 0 Å². The first-order valence-electron chi connectivity index (χ1n) is 5.58. The lowest BCUT2D eigenvalue weighted by Crippen LogP contribution is -2.22. The molecule has 4 heteroatoms. The standard InChI is InChI=1S/C13H15N3O/c1-3-14-13(17)11-6-4-5-10(7-11)12-8-15-16(2)9-12/h4-9H,3H2,1-2H3,(H,14,17). The molecule has 2 rings (SSSR count). The van der Waals surface area contributed by atoms with Crippen LogP contribution in [0.2, 0.25) is 0 Å². The number of rotatable bonds is 3. The molecule has 0 atom stereocenters. The highest BCUT2D eigenvalue weighted by Crippen LogP contribution is 2.19. The summed E-state index contributed by atoms with van der Waals surface area (Å²) in [5.74, 6) is -0.0433. The van der Waals surface area contributed by atoms with Crippen LogP contribution >= 0.6 is 0 Å². The van der Waals surface area contributed by atoms with Crippen molar-refractivity contribution in [3.63, 3.8) is 0 Å². The number of nitrogens with zero attached hydrogens (tertiary/aromatic N) is 2. The van der Waals surface area contributed by atoms with Gasteiger partial charge in [-0.1, -0.05) is 12.1 Å². The summed E-state index contributed by atoms with van der Waals surface area (Å²) >= 11 is 0. The Morgan fingerprint density at radius 2 is 2.24 bits per heavy atom. The third-order valence-electron chi connectivity index (χ3n) is 2.50. The molecule has 0 saturated heterocycles. The molecule has 0 saturated carbocycles. The second-order valence-corrected chi connectivity index (χ2v) is 3.84. The number of hydrogen-bond donors (Lipinski definition) is 1. The molecule has 1 amide bonds. The summed E-state index contributed by atoms with van der Waals surface area (Å²) in [6, 6.07) is 7.54. The van der Waals surface area contributed by atoms with E-state index in [1.165, 1.54) is 0 Å². The first kappa shape index (κ1) is 11.4. The molecule has 4 nitrogen and oxygen atoms in total. The molecule has 0 spiro atoms. The van der Waals surface area contributed by atoms with Crippen molar-refractivity contribution in [3.8, 4) is 11.1 Å². The van der Waals surface area contributed by atoms with Gasteiger partial charge in [0.25, 0.3) is 5.91 Å². The third-order valence-corrected chi connectivity index (χ3v) is 2.50. The van der Waals surface area contributed by atoms with Crippen LogP contribution in [0.25, 0.3) is 11.1 Å². The summed E-state index contributed by atoms with van der Waals surface area (Å²) in [6.07, 6.45) is 3.72. The van der Waals surface area contributed by atoms with Gasteiger partial charge in [0.05, 0.1) is 6.20 Å². The van der Waals surface area contributed by atoms with Gasteiger partial charge in [0, 0.05) is 30.9 Å². The van der Waals surface area contributed by atoms with Crippen molar-refractivity contribution >= 4 is 5.91 Å². The van der Waals surface area contributed by atoms with Gasteiger partial charge >= 0.3 is 0 Å². The van der Waals surface area contributed by atoms with Gasteiger partial charge < -0.3 is 5.32 Å². The fourth-order valence-corrected chi connectivity index (χ4v) is 1.67. The molecule has 0 aliphatic rings. The van der Waals surface area contributed by atoms with Crippen molar-refractivity contribution in [3.05, 3.63) is 42.2 Å². The van der Waals surface area contributed by atoms with Gasteiger partial charge in [-0.2, -0.15) is 5.10 Å². The largest absolute Gasteiger partial charge is 0.352 e. The Bertz CT molecular complexity index is 531. The van der Waals surface area contributed by atoms with Crippen molar-refractivity contribution in [2.24, 2.45) is 7.05 Å². The van der Waals surface area contributed by atoms with Crippen LogP contribution in [0.1, 0.15) is 17.3 Å². The topological polar surface area (TPSA) is 46.9 Å². The van der Waals surface area contributed by atoms with Crippen LogP contribution in [-0.2, 0) is 7.05 Å². The number of hydrogen-bond acceptors (Lipinski definition) is 2. The maximum absolute atomic E-state index is 11.7. The van der Waals surface area contributed by atoms with Crippen LogP contribution in [-0.4, -0.2) is 22.2 Å². The molecule has 0 radical (unpaired) electrons. The number of carbonyl (C=O) groups is 1. The van der Waals surface area contributed by atoms with Gasteiger partial charge in [0.15, 0.2) is 0 Å². The molecule has 1 aromatic carbocycles. The Balaban J connectivity index is 2.31. The fourth-order valence-electron chi connectivity index (χ4n) is 1.67. The van der Waals surface area contributed by atoms with Gasteiger partial charge in [-0.25, -0.2) is 0 Å². The van der Waals surface area contributed by atoms with Gasteiger partial charge in [-0.05, 0) is 24.6 Å². The highest BCUT2D eigenvalue weighted by molar-refractivity contribution is 5.95. The van der Waals surface area contributed by atoms with E-state index in [1.807, 2.05) is 44.4 Å². The molecule has 0 fully saturated rings. The highest BCUT2D eigenvalue weighted by Gasteiger charge is 2.06. The molecule has 17 heavy (non-hydrogen) atoms. The number of amides is 1. The Labute approximate surface area is 100 Å². The predicted molar refractivity (Wildman–Crippen MR) is 66.7 cm³/mol. The average Bonchev–Trinajstić information content (AvgIpc) is 2.76. The van der Waals surface area contributed by atoms with Crippen LogP contribution in [0, 0.1) is 0 Å². The van der Waals surface area contributed by atoms with E-state index >= 15 is 0 Å². The van der Waals surface area contributed by atoms with Crippen LogP contribution < -0.4 is 5.32 Å². The van der Waals surface area contributed by atoms with E-state index in [-0.39, 0.29) is 5.91 Å². The summed E-state index contributed by atoms with van der Waals surface area (Å²) in [4.78, 5) is 11.7. The molecule has 0 aliphatic carbocycles. The quantitative estimate of drug-likeness (QED) is 0.873.